The van der Waals surface area contributed by atoms with Gasteiger partial charge in [0.1, 0.15) is 0 Å². The van der Waals surface area contributed by atoms with Gasteiger partial charge < -0.3 is 10.0 Å². The van der Waals surface area contributed by atoms with Crippen LogP contribution in [0.15, 0.2) is 24.3 Å². The topological polar surface area (TPSA) is 57.6 Å². The lowest BCUT2D eigenvalue weighted by molar-refractivity contribution is -0.128. The second-order valence-electron chi connectivity index (χ2n) is 4.53. The van der Waals surface area contributed by atoms with Crippen LogP contribution in [0.4, 0.5) is 0 Å². The highest BCUT2D eigenvalue weighted by Crippen LogP contribution is 2.21. The molecule has 1 aliphatic heterocycles. The number of rotatable bonds is 4. The molecule has 4 nitrogen and oxygen atoms in total. The number of benzene rings is 1. The van der Waals surface area contributed by atoms with E-state index < -0.39 is 5.97 Å². The Labute approximate surface area is 111 Å². The van der Waals surface area contributed by atoms with Gasteiger partial charge in [-0.1, -0.05) is 12.1 Å². The summed E-state index contributed by atoms with van der Waals surface area (Å²) in [7, 11) is 0. The highest BCUT2D eigenvalue weighted by Gasteiger charge is 2.28. The highest BCUT2D eigenvalue weighted by atomic mass is 32.1. The van der Waals surface area contributed by atoms with Crippen molar-refractivity contribution in [2.45, 2.75) is 13.0 Å². The molecule has 0 spiro atoms. The average Bonchev–Trinajstić information content (AvgIpc) is 2.71. The number of amides is 1. The van der Waals surface area contributed by atoms with E-state index in [1.807, 2.05) is 0 Å². The van der Waals surface area contributed by atoms with E-state index in [2.05, 4.69) is 12.6 Å². The molecule has 1 aromatic rings. The number of carbonyl (C=O) groups excluding carboxylic acids is 1. The second kappa shape index (κ2) is 5.44. The van der Waals surface area contributed by atoms with Crippen LogP contribution in [-0.2, 0) is 11.3 Å². The van der Waals surface area contributed by atoms with Crippen molar-refractivity contribution >= 4 is 24.5 Å². The van der Waals surface area contributed by atoms with Gasteiger partial charge in [0.15, 0.2) is 0 Å². The normalized spacial score (nSPS) is 19.3. The van der Waals surface area contributed by atoms with Gasteiger partial charge in [-0.15, -0.1) is 0 Å². The molecule has 96 valence electrons. The van der Waals surface area contributed by atoms with Gasteiger partial charge in [0.05, 0.1) is 5.56 Å². The van der Waals surface area contributed by atoms with E-state index in [0.29, 0.717) is 18.9 Å². The zero-order valence-electron chi connectivity index (χ0n) is 9.87. The van der Waals surface area contributed by atoms with Crippen molar-refractivity contribution in [1.82, 2.24) is 4.90 Å². The Morgan fingerprint density at radius 3 is 2.56 bits per heavy atom. The van der Waals surface area contributed by atoms with E-state index >= 15 is 0 Å². The zero-order valence-corrected chi connectivity index (χ0v) is 10.8. The van der Waals surface area contributed by atoms with Gasteiger partial charge in [0, 0.05) is 19.5 Å². The van der Waals surface area contributed by atoms with E-state index in [-0.39, 0.29) is 11.5 Å². The van der Waals surface area contributed by atoms with Crippen LogP contribution in [0.5, 0.6) is 0 Å². The van der Waals surface area contributed by atoms with Gasteiger partial charge in [-0.2, -0.15) is 12.6 Å². The minimum atomic E-state index is -0.936. The Bertz CT molecular complexity index is 458. The summed E-state index contributed by atoms with van der Waals surface area (Å²) in [5, 5.41) is 8.80. The summed E-state index contributed by atoms with van der Waals surface area (Å²) in [6.07, 6.45) is 0.566. The van der Waals surface area contributed by atoms with E-state index in [4.69, 9.17) is 5.11 Å². The number of hydrogen-bond acceptors (Lipinski definition) is 3. The standard InChI is InChI=1S/C13H15NO3S/c15-12-5-10(8-18)7-14(12)6-9-1-3-11(4-2-9)13(16)17/h1-4,10,18H,5-8H2,(H,16,17). The van der Waals surface area contributed by atoms with Crippen LogP contribution in [0.3, 0.4) is 0 Å². The number of carboxylic acid groups (broad SMARTS) is 1. The Morgan fingerprint density at radius 1 is 1.39 bits per heavy atom. The number of thiol groups is 1. The van der Waals surface area contributed by atoms with Gasteiger partial charge in [0.25, 0.3) is 0 Å². The molecule has 1 atom stereocenters. The maximum atomic E-state index is 11.7. The van der Waals surface area contributed by atoms with Crippen LogP contribution in [0.2, 0.25) is 0 Å². The van der Waals surface area contributed by atoms with E-state index in [1.54, 1.807) is 29.2 Å². The fraction of sp³-hybridized carbons (Fsp3) is 0.385. The largest absolute Gasteiger partial charge is 0.478 e. The molecule has 1 saturated heterocycles. The lowest BCUT2D eigenvalue weighted by Crippen LogP contribution is -2.24. The molecule has 1 aromatic carbocycles. The number of nitrogens with zero attached hydrogens (tertiary/aromatic N) is 1. The van der Waals surface area contributed by atoms with E-state index in [1.165, 1.54) is 0 Å². The molecule has 0 aliphatic carbocycles. The number of carbonyl (C=O) groups is 2. The fourth-order valence-electron chi connectivity index (χ4n) is 2.10. The summed E-state index contributed by atoms with van der Waals surface area (Å²) in [5.74, 6) is 0.268. The van der Waals surface area contributed by atoms with Crippen molar-refractivity contribution in [1.29, 1.82) is 0 Å². The van der Waals surface area contributed by atoms with Crippen LogP contribution < -0.4 is 0 Å². The monoisotopic (exact) mass is 265 g/mol. The molecule has 2 rings (SSSR count). The average molecular weight is 265 g/mol. The number of likely N-dealkylation sites (tertiary alicyclic amines) is 1. The molecule has 1 heterocycles. The molecule has 18 heavy (non-hydrogen) atoms. The first-order chi connectivity index (χ1) is 8.60. The van der Waals surface area contributed by atoms with Gasteiger partial charge in [-0.05, 0) is 29.4 Å². The first-order valence-electron chi connectivity index (χ1n) is 5.81. The third-order valence-corrected chi connectivity index (χ3v) is 3.64. The minimum absolute atomic E-state index is 0.149. The SMILES string of the molecule is O=C(O)c1ccc(CN2CC(CS)CC2=O)cc1. The summed E-state index contributed by atoms with van der Waals surface area (Å²) in [4.78, 5) is 24.2. The Morgan fingerprint density at radius 2 is 2.06 bits per heavy atom. The Hall–Kier alpha value is -1.49. The van der Waals surface area contributed by atoms with E-state index in [0.717, 1.165) is 17.9 Å². The predicted molar refractivity (Wildman–Crippen MR) is 70.8 cm³/mol. The maximum Gasteiger partial charge on any atom is 0.335 e. The third-order valence-electron chi connectivity index (χ3n) is 3.13. The molecular formula is C13H15NO3S. The van der Waals surface area contributed by atoms with Crippen molar-refractivity contribution in [3.8, 4) is 0 Å². The Kier molecular flexibility index (Phi) is 3.91. The summed E-state index contributed by atoms with van der Waals surface area (Å²) in [6, 6.07) is 6.64. The quantitative estimate of drug-likeness (QED) is 0.814. The summed E-state index contributed by atoms with van der Waals surface area (Å²) in [6.45, 7) is 1.28. The van der Waals surface area contributed by atoms with Gasteiger partial charge >= 0.3 is 5.97 Å². The molecule has 1 amide bonds. The number of aromatic carboxylic acids is 1. The first-order valence-corrected chi connectivity index (χ1v) is 6.44. The minimum Gasteiger partial charge on any atom is -0.478 e. The lowest BCUT2D eigenvalue weighted by Gasteiger charge is -2.16. The molecular weight excluding hydrogens is 250 g/mol. The van der Waals surface area contributed by atoms with Crippen molar-refractivity contribution < 1.29 is 14.7 Å². The zero-order chi connectivity index (χ0) is 13.1. The van der Waals surface area contributed by atoms with Crippen LogP contribution in [-0.4, -0.2) is 34.2 Å². The number of hydrogen-bond donors (Lipinski definition) is 2. The lowest BCUT2D eigenvalue weighted by atomic mass is 10.1. The van der Waals surface area contributed by atoms with Crippen LogP contribution in [0, 0.1) is 5.92 Å². The van der Waals surface area contributed by atoms with Gasteiger partial charge in [0.2, 0.25) is 5.91 Å². The first kappa shape index (κ1) is 13.0. The van der Waals surface area contributed by atoms with Crippen molar-refractivity contribution in [3.05, 3.63) is 35.4 Å². The fourth-order valence-corrected chi connectivity index (χ4v) is 2.35. The third kappa shape index (κ3) is 2.85. The van der Waals surface area contributed by atoms with Crippen LogP contribution in [0.25, 0.3) is 0 Å². The van der Waals surface area contributed by atoms with Crippen LogP contribution in [0.1, 0.15) is 22.3 Å². The molecule has 5 heteroatoms. The molecule has 0 radical (unpaired) electrons. The van der Waals surface area contributed by atoms with Crippen molar-refractivity contribution in [2.75, 3.05) is 12.3 Å². The van der Waals surface area contributed by atoms with E-state index in [9.17, 15) is 9.59 Å². The molecule has 0 aromatic heterocycles. The van der Waals surface area contributed by atoms with Crippen molar-refractivity contribution in [3.63, 3.8) is 0 Å². The molecule has 1 aliphatic rings. The summed E-state index contributed by atoms with van der Waals surface area (Å²) in [5.41, 5.74) is 1.22. The number of carboxylic acids is 1. The second-order valence-corrected chi connectivity index (χ2v) is 4.89. The maximum absolute atomic E-state index is 11.7. The smallest absolute Gasteiger partial charge is 0.335 e. The highest BCUT2D eigenvalue weighted by molar-refractivity contribution is 7.80. The predicted octanol–water partition coefficient (Wildman–Crippen LogP) is 1.66. The molecule has 1 N–H and O–H groups in total. The summed E-state index contributed by atoms with van der Waals surface area (Å²) >= 11 is 4.21. The molecule has 1 unspecified atom stereocenters. The molecule has 0 saturated carbocycles. The summed E-state index contributed by atoms with van der Waals surface area (Å²) < 4.78 is 0. The van der Waals surface area contributed by atoms with Crippen LogP contribution >= 0.6 is 12.6 Å². The molecule has 0 bridgehead atoms. The van der Waals surface area contributed by atoms with Gasteiger partial charge in [-0.25, -0.2) is 4.79 Å². The molecule has 1 fully saturated rings. The van der Waals surface area contributed by atoms with Gasteiger partial charge in [-0.3, -0.25) is 4.79 Å². The van der Waals surface area contributed by atoms with Crippen molar-refractivity contribution in [2.24, 2.45) is 5.92 Å². The Balaban J connectivity index is 2.01.